The van der Waals surface area contributed by atoms with Crippen LogP contribution in [0.15, 0.2) is 134 Å². The van der Waals surface area contributed by atoms with Crippen LogP contribution in [-0.2, 0) is 28.6 Å². The molecule has 1 atom stereocenters. The first kappa shape index (κ1) is 57.5. The van der Waals surface area contributed by atoms with E-state index in [1.54, 1.807) is 0 Å². The van der Waals surface area contributed by atoms with E-state index >= 15 is 0 Å². The van der Waals surface area contributed by atoms with Gasteiger partial charge in [-0.1, -0.05) is 187 Å². The van der Waals surface area contributed by atoms with Crippen molar-refractivity contribution in [3.63, 3.8) is 0 Å². The maximum absolute atomic E-state index is 12.8. The van der Waals surface area contributed by atoms with Gasteiger partial charge in [0, 0.05) is 19.3 Å². The third kappa shape index (κ3) is 46.6. The summed E-state index contributed by atoms with van der Waals surface area (Å²) in [5, 5.41) is 0. The lowest BCUT2D eigenvalue weighted by Crippen LogP contribution is -2.30. The first-order valence-corrected chi connectivity index (χ1v) is 24.2. The largest absolute Gasteiger partial charge is 0.462 e. The summed E-state index contributed by atoms with van der Waals surface area (Å²) in [7, 11) is 0. The second-order valence-corrected chi connectivity index (χ2v) is 15.3. The second-order valence-electron chi connectivity index (χ2n) is 15.3. The molecule has 0 radical (unpaired) electrons. The lowest BCUT2D eigenvalue weighted by Gasteiger charge is -2.18. The van der Waals surface area contributed by atoms with Gasteiger partial charge in [-0.15, -0.1) is 0 Å². The number of carbonyl (C=O) groups is 3. The smallest absolute Gasteiger partial charge is 0.306 e. The summed E-state index contributed by atoms with van der Waals surface area (Å²) in [5.74, 6) is -1.06. The highest BCUT2D eigenvalue weighted by Gasteiger charge is 2.19. The summed E-state index contributed by atoms with van der Waals surface area (Å²) in [5.41, 5.74) is 0. The van der Waals surface area contributed by atoms with Gasteiger partial charge in [-0.2, -0.15) is 0 Å². The second kappa shape index (κ2) is 49.2. The number of unbranched alkanes of at least 4 members (excludes halogenated alkanes) is 11. The zero-order valence-electron chi connectivity index (χ0n) is 39.3. The van der Waals surface area contributed by atoms with Gasteiger partial charge < -0.3 is 14.2 Å². The Labute approximate surface area is 379 Å². The van der Waals surface area contributed by atoms with Gasteiger partial charge in [-0.3, -0.25) is 14.4 Å². The lowest BCUT2D eigenvalue weighted by atomic mass is 10.1. The average Bonchev–Trinajstić information content (AvgIpc) is 3.27. The molecule has 0 saturated carbocycles. The quantitative estimate of drug-likeness (QED) is 0.0200. The molecular formula is C56H86O6. The van der Waals surface area contributed by atoms with Crippen LogP contribution in [0.2, 0.25) is 0 Å². The molecule has 1 unspecified atom stereocenters. The Morgan fingerprint density at radius 3 is 1.27 bits per heavy atom. The van der Waals surface area contributed by atoms with Crippen LogP contribution in [0.1, 0.15) is 181 Å². The van der Waals surface area contributed by atoms with Gasteiger partial charge in [0.25, 0.3) is 0 Å². The summed E-state index contributed by atoms with van der Waals surface area (Å²) in [6, 6.07) is 0. The van der Waals surface area contributed by atoms with Gasteiger partial charge in [0.05, 0.1) is 0 Å². The number of hydrogen-bond acceptors (Lipinski definition) is 6. The number of allylic oxidation sites excluding steroid dienone is 22. The minimum atomic E-state index is -0.832. The third-order valence-corrected chi connectivity index (χ3v) is 9.46. The SMILES string of the molecule is CC\C=C/C=C\C=C/C=C\CCCCCCCC(=O)OC(COC(=O)CCC/C=C\C/C=C\C/C=C\C/C=C\CCCCC)COC(=O)CCCC/C=C\C/C=C\C/C=C\CC. The molecule has 6 heteroatoms. The Morgan fingerprint density at radius 1 is 0.355 bits per heavy atom. The van der Waals surface area contributed by atoms with Crippen LogP contribution in [0.4, 0.5) is 0 Å². The molecule has 0 fully saturated rings. The van der Waals surface area contributed by atoms with E-state index in [2.05, 4.69) is 130 Å². The van der Waals surface area contributed by atoms with Crippen molar-refractivity contribution in [1.29, 1.82) is 0 Å². The Morgan fingerprint density at radius 2 is 0.726 bits per heavy atom. The van der Waals surface area contributed by atoms with Crippen molar-refractivity contribution in [2.24, 2.45) is 0 Å². The van der Waals surface area contributed by atoms with Gasteiger partial charge in [0.1, 0.15) is 13.2 Å². The van der Waals surface area contributed by atoms with Crippen molar-refractivity contribution < 1.29 is 28.6 Å². The van der Waals surface area contributed by atoms with Crippen LogP contribution in [-0.4, -0.2) is 37.2 Å². The standard InChI is InChI=1S/C56H86O6/c1-4-7-10-13-16-19-22-25-27-28-30-31-34-37-40-43-46-49-55(58)61-52-53(51-60-54(57)48-45-42-39-36-33-24-21-18-15-12-9-6-3)62-56(59)50-47-44-41-38-35-32-29-26-23-20-17-14-11-8-5-2/h8-9,11-12,14,16-21,23,25-27,29-31,33,36-37,40,53H,4-7,10,13,15,22,24,28,32,34-35,38-39,41-52H2,1-3H3/b11-8-,12-9-,17-14-,19-16-,21-18-,23-20-,27-25-,29-26-,31-30-,36-33-,40-37-. The Kier molecular flexibility index (Phi) is 45.7. The fourth-order valence-electron chi connectivity index (χ4n) is 5.87. The van der Waals surface area contributed by atoms with Gasteiger partial charge in [0.15, 0.2) is 6.10 Å². The number of carbonyl (C=O) groups excluding carboxylic acids is 3. The van der Waals surface area contributed by atoms with Crippen LogP contribution in [0, 0.1) is 0 Å². The fraction of sp³-hybridized carbons (Fsp3) is 0.554. The number of ether oxygens (including phenoxy) is 3. The zero-order chi connectivity index (χ0) is 45.1. The molecule has 0 rings (SSSR count). The molecule has 62 heavy (non-hydrogen) atoms. The Hall–Kier alpha value is -4.45. The minimum absolute atomic E-state index is 0.130. The third-order valence-electron chi connectivity index (χ3n) is 9.46. The van der Waals surface area contributed by atoms with E-state index in [0.29, 0.717) is 12.8 Å². The molecule has 6 nitrogen and oxygen atoms in total. The van der Waals surface area contributed by atoms with Gasteiger partial charge in [-0.05, 0) is 109 Å². The predicted octanol–water partition coefficient (Wildman–Crippen LogP) is 15.9. The van der Waals surface area contributed by atoms with Crippen molar-refractivity contribution in [3.05, 3.63) is 134 Å². The molecule has 0 aliphatic carbocycles. The van der Waals surface area contributed by atoms with E-state index in [1.807, 2.05) is 24.3 Å². The molecule has 0 aromatic rings. The van der Waals surface area contributed by atoms with Gasteiger partial charge >= 0.3 is 17.9 Å². The number of esters is 3. The number of hydrogen-bond donors (Lipinski definition) is 0. The number of rotatable bonds is 41. The highest BCUT2D eigenvalue weighted by Crippen LogP contribution is 2.11. The summed E-state index contributed by atoms with van der Waals surface area (Å²) in [4.78, 5) is 37.9. The molecule has 0 heterocycles. The van der Waals surface area contributed by atoms with Crippen LogP contribution in [0.5, 0.6) is 0 Å². The average molecular weight is 855 g/mol. The van der Waals surface area contributed by atoms with Crippen molar-refractivity contribution in [2.45, 2.75) is 187 Å². The van der Waals surface area contributed by atoms with Gasteiger partial charge in [-0.25, -0.2) is 0 Å². The van der Waals surface area contributed by atoms with Crippen molar-refractivity contribution in [2.75, 3.05) is 13.2 Å². The molecule has 0 amide bonds. The molecule has 0 N–H and O–H groups in total. The van der Waals surface area contributed by atoms with Crippen molar-refractivity contribution in [1.82, 2.24) is 0 Å². The van der Waals surface area contributed by atoms with Crippen LogP contribution >= 0.6 is 0 Å². The first-order valence-electron chi connectivity index (χ1n) is 24.2. The first-order chi connectivity index (χ1) is 30.5. The monoisotopic (exact) mass is 855 g/mol. The van der Waals surface area contributed by atoms with Gasteiger partial charge in [0.2, 0.25) is 0 Å². The molecule has 0 aliphatic rings. The fourth-order valence-corrected chi connectivity index (χ4v) is 5.87. The van der Waals surface area contributed by atoms with E-state index in [9.17, 15) is 14.4 Å². The topological polar surface area (TPSA) is 78.9 Å². The van der Waals surface area contributed by atoms with Crippen LogP contribution in [0.3, 0.4) is 0 Å². The Bertz CT molecular complexity index is 1400. The molecule has 0 spiro atoms. The molecule has 0 saturated heterocycles. The van der Waals surface area contributed by atoms with E-state index in [0.717, 1.165) is 103 Å². The molecule has 0 aromatic carbocycles. The van der Waals surface area contributed by atoms with Crippen molar-refractivity contribution >= 4 is 17.9 Å². The summed E-state index contributed by atoms with van der Waals surface area (Å²) >= 11 is 0. The van der Waals surface area contributed by atoms with Crippen LogP contribution in [0.25, 0.3) is 0 Å². The maximum Gasteiger partial charge on any atom is 0.306 e. The zero-order valence-corrected chi connectivity index (χ0v) is 39.3. The summed E-state index contributed by atoms with van der Waals surface area (Å²) in [6.07, 6.45) is 68.7. The molecule has 0 aliphatic heterocycles. The molecule has 346 valence electrons. The van der Waals surface area contributed by atoms with E-state index in [4.69, 9.17) is 14.2 Å². The van der Waals surface area contributed by atoms with E-state index in [1.165, 1.54) is 25.7 Å². The highest BCUT2D eigenvalue weighted by atomic mass is 16.6. The molecular weight excluding hydrogens is 769 g/mol. The predicted molar refractivity (Wildman–Crippen MR) is 265 cm³/mol. The van der Waals surface area contributed by atoms with E-state index < -0.39 is 6.10 Å². The highest BCUT2D eigenvalue weighted by molar-refractivity contribution is 5.71. The Balaban J connectivity index is 4.60. The normalized spacial score (nSPS) is 13.3. The minimum Gasteiger partial charge on any atom is -0.462 e. The summed E-state index contributed by atoms with van der Waals surface area (Å²) < 4.78 is 16.6. The maximum atomic E-state index is 12.8. The van der Waals surface area contributed by atoms with E-state index in [-0.39, 0.29) is 50.4 Å². The lowest BCUT2D eigenvalue weighted by molar-refractivity contribution is -0.167. The van der Waals surface area contributed by atoms with Crippen molar-refractivity contribution in [3.8, 4) is 0 Å². The van der Waals surface area contributed by atoms with Crippen LogP contribution < -0.4 is 0 Å². The molecule has 0 bridgehead atoms. The molecule has 0 aromatic heterocycles. The summed E-state index contributed by atoms with van der Waals surface area (Å²) in [6.45, 7) is 6.22.